The van der Waals surface area contributed by atoms with Crippen LogP contribution in [-0.4, -0.2) is 9.78 Å². The Morgan fingerprint density at radius 3 is 2.32 bits per heavy atom. The fraction of sp³-hybridized carbons (Fsp3) is 0.438. The number of nitrogens with two attached hydrogens (primary N) is 1. The zero-order valence-electron chi connectivity index (χ0n) is 12.5. The van der Waals surface area contributed by atoms with Gasteiger partial charge in [-0.15, -0.1) is 0 Å². The zero-order valence-corrected chi connectivity index (χ0v) is 12.5. The number of aromatic nitrogens is 2. The fourth-order valence-electron chi connectivity index (χ4n) is 2.48. The largest absolute Gasteiger partial charge is 0.319 e. The maximum Gasteiger partial charge on any atom is 0.0725 e. The molecule has 1 atom stereocenters. The van der Waals surface area contributed by atoms with Gasteiger partial charge in [-0.3, -0.25) is 4.68 Å². The summed E-state index contributed by atoms with van der Waals surface area (Å²) in [6.45, 7) is 8.50. The molecule has 0 saturated heterocycles. The van der Waals surface area contributed by atoms with Crippen molar-refractivity contribution in [2.45, 2.75) is 40.2 Å². The van der Waals surface area contributed by atoms with E-state index in [-0.39, 0.29) is 6.04 Å². The molecule has 3 heteroatoms. The number of hydrogen-bond donors (Lipinski definition) is 1. The third-order valence-electron chi connectivity index (χ3n) is 3.86. The molecule has 1 aromatic carbocycles. The third-order valence-corrected chi connectivity index (χ3v) is 3.86. The summed E-state index contributed by atoms with van der Waals surface area (Å²) < 4.78 is 1.90. The summed E-state index contributed by atoms with van der Waals surface area (Å²) in [7, 11) is 1.96. The lowest BCUT2D eigenvalue weighted by Crippen LogP contribution is -2.17. The topological polar surface area (TPSA) is 43.8 Å². The predicted molar refractivity (Wildman–Crippen MR) is 79.3 cm³/mol. The summed E-state index contributed by atoms with van der Waals surface area (Å²) >= 11 is 0. The van der Waals surface area contributed by atoms with Crippen LogP contribution in [0.25, 0.3) is 0 Å². The van der Waals surface area contributed by atoms with Crippen molar-refractivity contribution >= 4 is 0 Å². The summed E-state index contributed by atoms with van der Waals surface area (Å²) in [4.78, 5) is 0. The lowest BCUT2D eigenvalue weighted by Gasteiger charge is -2.17. The Bertz CT molecular complexity index is 596. The molecule has 0 aliphatic carbocycles. The van der Waals surface area contributed by atoms with E-state index in [0.717, 1.165) is 17.8 Å². The van der Waals surface area contributed by atoms with Crippen LogP contribution < -0.4 is 5.73 Å². The van der Waals surface area contributed by atoms with Crippen LogP contribution >= 0.6 is 0 Å². The molecule has 2 N–H and O–H groups in total. The molecule has 2 rings (SSSR count). The van der Waals surface area contributed by atoms with Crippen LogP contribution in [0.1, 0.15) is 46.6 Å². The molecule has 0 aliphatic rings. The van der Waals surface area contributed by atoms with Gasteiger partial charge in [0, 0.05) is 7.05 Å². The summed E-state index contributed by atoms with van der Waals surface area (Å²) in [5.74, 6) is 0. The van der Waals surface area contributed by atoms with Gasteiger partial charge in [-0.2, -0.15) is 5.10 Å². The van der Waals surface area contributed by atoms with E-state index in [9.17, 15) is 0 Å². The maximum atomic E-state index is 6.44. The normalized spacial score (nSPS) is 12.7. The summed E-state index contributed by atoms with van der Waals surface area (Å²) in [6.07, 6.45) is 0.937. The second-order valence-electron chi connectivity index (χ2n) is 5.31. The van der Waals surface area contributed by atoms with Crippen LogP contribution in [0.5, 0.6) is 0 Å². The third kappa shape index (κ3) is 2.56. The van der Waals surface area contributed by atoms with E-state index in [1.807, 2.05) is 11.7 Å². The second-order valence-corrected chi connectivity index (χ2v) is 5.31. The standard InChI is InChI=1S/C16H23N3/c1-6-13-9-15(19(5)18-13)16(17)14-8-11(3)10(2)7-12(14)4/h7-9,16H,6,17H2,1-5H3. The van der Waals surface area contributed by atoms with Crippen molar-refractivity contribution in [3.8, 4) is 0 Å². The Labute approximate surface area is 115 Å². The molecule has 19 heavy (non-hydrogen) atoms. The predicted octanol–water partition coefficient (Wildman–Crippen LogP) is 2.96. The summed E-state index contributed by atoms with van der Waals surface area (Å²) in [5.41, 5.74) is 13.6. The average Bonchev–Trinajstić information content (AvgIpc) is 2.74. The highest BCUT2D eigenvalue weighted by Crippen LogP contribution is 2.25. The molecule has 0 aliphatic heterocycles. The van der Waals surface area contributed by atoms with E-state index in [0.29, 0.717) is 0 Å². The van der Waals surface area contributed by atoms with Crippen molar-refractivity contribution in [2.75, 3.05) is 0 Å². The van der Waals surface area contributed by atoms with Crippen molar-refractivity contribution in [2.24, 2.45) is 12.8 Å². The van der Waals surface area contributed by atoms with Gasteiger partial charge < -0.3 is 5.73 Å². The highest BCUT2D eigenvalue weighted by molar-refractivity contribution is 5.41. The minimum Gasteiger partial charge on any atom is -0.319 e. The van der Waals surface area contributed by atoms with Crippen LogP contribution in [0.15, 0.2) is 18.2 Å². The molecule has 0 radical (unpaired) electrons. The first-order chi connectivity index (χ1) is 8.93. The van der Waals surface area contributed by atoms with E-state index in [1.54, 1.807) is 0 Å². The number of nitrogens with zero attached hydrogens (tertiary/aromatic N) is 2. The molecular formula is C16H23N3. The number of rotatable bonds is 3. The van der Waals surface area contributed by atoms with Crippen molar-refractivity contribution in [3.63, 3.8) is 0 Å². The molecule has 0 saturated carbocycles. The average molecular weight is 257 g/mol. The van der Waals surface area contributed by atoms with Crippen LogP contribution in [0.2, 0.25) is 0 Å². The van der Waals surface area contributed by atoms with Crippen molar-refractivity contribution in [1.82, 2.24) is 9.78 Å². The van der Waals surface area contributed by atoms with Crippen LogP contribution in [0.4, 0.5) is 0 Å². The molecule has 102 valence electrons. The quantitative estimate of drug-likeness (QED) is 0.918. The molecule has 1 unspecified atom stereocenters. The highest BCUT2D eigenvalue weighted by atomic mass is 15.3. The first-order valence-electron chi connectivity index (χ1n) is 6.80. The van der Waals surface area contributed by atoms with E-state index >= 15 is 0 Å². The van der Waals surface area contributed by atoms with E-state index < -0.39 is 0 Å². The van der Waals surface area contributed by atoms with Gasteiger partial charge in [0.15, 0.2) is 0 Å². The number of benzene rings is 1. The van der Waals surface area contributed by atoms with Gasteiger partial charge in [-0.25, -0.2) is 0 Å². The van der Waals surface area contributed by atoms with Gasteiger partial charge in [0.1, 0.15) is 0 Å². The van der Waals surface area contributed by atoms with Gasteiger partial charge in [0.2, 0.25) is 0 Å². The molecule has 3 nitrogen and oxygen atoms in total. The summed E-state index contributed by atoms with van der Waals surface area (Å²) in [6, 6.07) is 6.41. The van der Waals surface area contributed by atoms with Crippen LogP contribution in [0.3, 0.4) is 0 Å². The zero-order chi connectivity index (χ0) is 14.2. The Kier molecular flexibility index (Phi) is 3.76. The number of hydrogen-bond acceptors (Lipinski definition) is 2. The smallest absolute Gasteiger partial charge is 0.0725 e. The van der Waals surface area contributed by atoms with Gasteiger partial charge >= 0.3 is 0 Å². The Morgan fingerprint density at radius 2 is 1.74 bits per heavy atom. The minimum absolute atomic E-state index is 0.114. The van der Waals surface area contributed by atoms with Gasteiger partial charge in [-0.1, -0.05) is 19.1 Å². The molecule has 0 spiro atoms. The molecule has 0 amide bonds. The lowest BCUT2D eigenvalue weighted by atomic mass is 9.94. The van der Waals surface area contributed by atoms with E-state index in [4.69, 9.17) is 5.73 Å². The van der Waals surface area contributed by atoms with Gasteiger partial charge in [0.05, 0.1) is 17.4 Å². The fourth-order valence-corrected chi connectivity index (χ4v) is 2.48. The molecular weight excluding hydrogens is 234 g/mol. The van der Waals surface area contributed by atoms with E-state index in [2.05, 4.69) is 51.0 Å². The second kappa shape index (κ2) is 5.17. The van der Waals surface area contributed by atoms with Crippen molar-refractivity contribution in [1.29, 1.82) is 0 Å². The minimum atomic E-state index is -0.114. The molecule has 0 bridgehead atoms. The summed E-state index contributed by atoms with van der Waals surface area (Å²) in [5, 5.41) is 4.48. The lowest BCUT2D eigenvalue weighted by molar-refractivity contribution is 0.664. The van der Waals surface area contributed by atoms with Crippen LogP contribution in [-0.2, 0) is 13.5 Å². The SMILES string of the molecule is CCc1cc(C(N)c2cc(C)c(C)cc2C)n(C)n1. The molecule has 0 fully saturated rings. The van der Waals surface area contributed by atoms with Crippen molar-refractivity contribution in [3.05, 3.63) is 51.8 Å². The molecule has 1 heterocycles. The highest BCUT2D eigenvalue weighted by Gasteiger charge is 2.17. The van der Waals surface area contributed by atoms with Gasteiger partial charge in [-0.05, 0) is 55.5 Å². The van der Waals surface area contributed by atoms with Crippen molar-refractivity contribution < 1.29 is 0 Å². The first-order valence-corrected chi connectivity index (χ1v) is 6.80. The molecule has 2 aromatic rings. The maximum absolute atomic E-state index is 6.44. The van der Waals surface area contributed by atoms with Crippen LogP contribution in [0, 0.1) is 20.8 Å². The molecule has 1 aromatic heterocycles. The monoisotopic (exact) mass is 257 g/mol. The van der Waals surface area contributed by atoms with Gasteiger partial charge in [0.25, 0.3) is 0 Å². The first kappa shape index (κ1) is 13.8. The Morgan fingerprint density at radius 1 is 1.11 bits per heavy atom. The number of aryl methyl sites for hydroxylation is 5. The Balaban J connectivity index is 2.46. The Hall–Kier alpha value is -1.61. The van der Waals surface area contributed by atoms with E-state index in [1.165, 1.54) is 22.3 Å².